The second-order valence-corrected chi connectivity index (χ2v) is 34.1. The molecule has 0 spiro atoms. The Labute approximate surface area is 367 Å². The summed E-state index contributed by atoms with van der Waals surface area (Å²) in [7, 11) is -5.24. The van der Waals surface area contributed by atoms with Gasteiger partial charge in [-0.3, -0.25) is 13.6 Å². The summed E-state index contributed by atoms with van der Waals surface area (Å²) in [6.45, 7) is 12.6. The van der Waals surface area contributed by atoms with Crippen LogP contribution in [0.4, 0.5) is 5.82 Å². The highest BCUT2D eigenvalue weighted by Gasteiger charge is 2.57. The average molecular weight is 959 g/mol. The predicted octanol–water partition coefficient (Wildman–Crippen LogP) is 6.00. The van der Waals surface area contributed by atoms with Crippen molar-refractivity contribution in [3.05, 3.63) is 30.7 Å². The van der Waals surface area contributed by atoms with Gasteiger partial charge in [-0.25, -0.2) is 24.9 Å². The van der Waals surface area contributed by atoms with Crippen LogP contribution in [0.2, 0.25) is 36.3 Å². The predicted molar refractivity (Wildman–Crippen MR) is 238 cm³/mol. The van der Waals surface area contributed by atoms with E-state index in [2.05, 4.69) is 92.7 Å². The van der Waals surface area contributed by atoms with Crippen LogP contribution in [0.15, 0.2) is 25.2 Å². The Balaban J connectivity index is 1.20. The SMILES string of the molecule is CC(C)(C)[Si](C)(C)O[C@@H]1[C@@H]2OP(O)(=S)OC[C@H]3O[C@@H](n4cnc5c(N)ncnc54)[C@H](OP(O)(=S)OC[C@H]2O[C@H]1n1cc2c4c(ncnc41)OCCC2)[C@@H]3O[Si](C)(C)C(C)(C)C. The van der Waals surface area contributed by atoms with Crippen molar-refractivity contribution in [2.45, 2.75) is 140 Å². The van der Waals surface area contributed by atoms with Crippen LogP contribution in [0.1, 0.15) is 66.0 Å². The number of rotatable bonds is 6. The van der Waals surface area contributed by atoms with Gasteiger partial charge in [0.05, 0.1) is 31.5 Å². The number of anilines is 1. The second-order valence-electron chi connectivity index (χ2n) is 19.0. The lowest BCUT2D eigenvalue weighted by molar-refractivity contribution is -0.0604. The quantitative estimate of drug-likeness (QED) is 0.149. The van der Waals surface area contributed by atoms with Gasteiger partial charge in [0.2, 0.25) is 5.88 Å². The highest BCUT2D eigenvalue weighted by molar-refractivity contribution is 8.07. The fraction of sp³-hybridized carbons (Fsp3) is 0.694. The van der Waals surface area contributed by atoms with Gasteiger partial charge in [0, 0.05) is 6.20 Å². The molecule has 61 heavy (non-hydrogen) atoms. The summed E-state index contributed by atoms with van der Waals surface area (Å²) < 4.78 is 62.8. The van der Waals surface area contributed by atoms with Gasteiger partial charge in [0.15, 0.2) is 40.6 Å². The molecule has 3 fully saturated rings. The van der Waals surface area contributed by atoms with Crippen LogP contribution in [0.25, 0.3) is 22.2 Å². The Morgan fingerprint density at radius 2 is 1.36 bits per heavy atom. The number of nitrogens with zero attached hydrogens (tertiary/aromatic N) is 7. The molecular weight excluding hydrogens is 903 g/mol. The van der Waals surface area contributed by atoms with Crippen molar-refractivity contribution in [2.24, 2.45) is 0 Å². The molecule has 0 saturated carbocycles. The van der Waals surface area contributed by atoms with Crippen molar-refractivity contribution in [1.29, 1.82) is 0 Å². The maximum Gasteiger partial charge on any atom is 0.325 e. The van der Waals surface area contributed by atoms with Crippen molar-refractivity contribution in [1.82, 2.24) is 34.1 Å². The Morgan fingerprint density at radius 1 is 0.770 bits per heavy atom. The van der Waals surface area contributed by atoms with E-state index in [1.165, 1.54) is 19.0 Å². The van der Waals surface area contributed by atoms with E-state index in [1.807, 2.05) is 10.8 Å². The summed E-state index contributed by atoms with van der Waals surface area (Å²) in [5.74, 6) is 0.652. The molecule has 0 aliphatic carbocycles. The van der Waals surface area contributed by atoms with E-state index in [4.69, 9.17) is 70.5 Å². The zero-order chi connectivity index (χ0) is 44.1. The second kappa shape index (κ2) is 16.2. The molecule has 0 amide bonds. The molecule has 19 nitrogen and oxygen atoms in total. The van der Waals surface area contributed by atoms with Gasteiger partial charge in [-0.1, -0.05) is 41.5 Å². The average Bonchev–Trinajstić information content (AvgIpc) is 3.87. The summed E-state index contributed by atoms with van der Waals surface area (Å²) in [4.78, 5) is 46.2. The number of hydrogen-bond acceptors (Lipinski definition) is 17. The molecule has 25 heteroatoms. The van der Waals surface area contributed by atoms with Crippen LogP contribution in [-0.2, 0) is 66.5 Å². The van der Waals surface area contributed by atoms with Crippen LogP contribution < -0.4 is 10.5 Å². The van der Waals surface area contributed by atoms with E-state index in [9.17, 15) is 9.79 Å². The molecular formula is C36H56N8O11P2S2Si2. The number of nitrogen functional groups attached to an aromatic ring is 1. The highest BCUT2D eigenvalue weighted by Crippen LogP contribution is 2.56. The smallest absolute Gasteiger partial charge is 0.325 e. The van der Waals surface area contributed by atoms with Gasteiger partial charge in [-0.15, -0.1) is 0 Å². The fourth-order valence-electron chi connectivity index (χ4n) is 7.49. The molecule has 2 unspecified atom stereocenters. The van der Waals surface area contributed by atoms with E-state index < -0.39 is 79.2 Å². The Bertz CT molecular complexity index is 2400. The van der Waals surface area contributed by atoms with Crippen LogP contribution >= 0.6 is 13.4 Å². The van der Waals surface area contributed by atoms with Crippen LogP contribution in [0.3, 0.4) is 0 Å². The molecule has 4 aromatic rings. The lowest BCUT2D eigenvalue weighted by Gasteiger charge is -2.41. The Hall–Kier alpha value is -1.90. The largest absolute Gasteiger partial charge is 0.477 e. The highest BCUT2D eigenvalue weighted by atomic mass is 32.5. The first-order valence-corrected chi connectivity index (χ1v) is 31.2. The standard InChI is InChI=1S/C36H56N8O11P2S2Si2/c1-35(2,3)60(7,8)54-26-22-16-49-56(45,58)52-25-21(15-48-57(46,59)53-27(26)33(51-22)44-19-42-24-29(37)38-17-40-31(24)44)50-34(28(25)55-61(9,10)36(4,5)6)43-14-20-12-11-13-47-32-23(20)30(43)39-18-41-32/h14,17-19,21-22,25-28,33-34H,11-13,15-16H2,1-10H3,(H,45,58)(H,46,59)(H2,37,38,40)/t21-,22-,25-,26-,27-,28-,33-,34-,56?,57?/m1/s1. The number of fused-ring (bicyclic) bond motifs is 4. The van der Waals surface area contributed by atoms with E-state index in [1.54, 1.807) is 4.57 Å². The van der Waals surface area contributed by atoms with Crippen LogP contribution in [0.5, 0.6) is 5.88 Å². The number of aryl methyl sites for hydroxylation is 1. The number of aromatic nitrogens is 7. The van der Waals surface area contributed by atoms with Crippen molar-refractivity contribution < 1.29 is 50.9 Å². The zero-order valence-electron chi connectivity index (χ0n) is 36.0. The van der Waals surface area contributed by atoms with Gasteiger partial charge in [-0.2, -0.15) is 0 Å². The molecule has 8 heterocycles. The number of nitrogens with two attached hydrogens (primary N) is 1. The van der Waals surface area contributed by atoms with Crippen molar-refractivity contribution in [3.63, 3.8) is 0 Å². The third-order valence-corrected chi connectivity index (χ3v) is 24.8. The fourth-order valence-corrected chi connectivity index (χ4v) is 12.9. The topological polar surface area (TPSA) is 224 Å². The minimum Gasteiger partial charge on any atom is -0.477 e. The summed E-state index contributed by atoms with van der Waals surface area (Å²) in [6, 6.07) is 0. The van der Waals surface area contributed by atoms with E-state index in [0.717, 1.165) is 23.8 Å². The lowest BCUT2D eigenvalue weighted by Crippen LogP contribution is -2.50. The lowest BCUT2D eigenvalue weighted by atomic mass is 10.1. The third-order valence-electron chi connectivity index (χ3n) is 12.8. The molecule has 2 bridgehead atoms. The number of imidazole rings is 1. The zero-order valence-corrected chi connectivity index (χ0v) is 41.4. The molecule has 4 aliphatic rings. The molecule has 4 aromatic heterocycles. The first-order valence-electron chi connectivity index (χ1n) is 20.2. The third kappa shape index (κ3) is 8.81. The van der Waals surface area contributed by atoms with Crippen molar-refractivity contribution >= 4 is 81.7 Å². The normalized spacial score (nSPS) is 33.1. The summed E-state index contributed by atoms with van der Waals surface area (Å²) in [5.41, 5.74) is 8.41. The Kier molecular flexibility index (Phi) is 12.1. The monoisotopic (exact) mass is 958 g/mol. The van der Waals surface area contributed by atoms with Crippen LogP contribution in [-0.4, -0.2) is 117 Å². The number of hydrogen-bond donors (Lipinski definition) is 3. The van der Waals surface area contributed by atoms with E-state index in [-0.39, 0.29) is 29.1 Å². The summed E-state index contributed by atoms with van der Waals surface area (Å²) in [6.07, 6.45) is -0.0796. The summed E-state index contributed by atoms with van der Waals surface area (Å²) >= 11 is 11.6. The molecule has 4 N–H and O–H groups in total. The molecule has 3 saturated heterocycles. The maximum atomic E-state index is 12.1. The van der Waals surface area contributed by atoms with Gasteiger partial charge in [0.1, 0.15) is 60.4 Å². The van der Waals surface area contributed by atoms with Gasteiger partial charge < -0.3 is 52.2 Å². The first-order chi connectivity index (χ1) is 28.4. The minimum absolute atomic E-state index is 0.165. The minimum atomic E-state index is -4.19. The first kappa shape index (κ1) is 45.7. The van der Waals surface area contributed by atoms with Crippen molar-refractivity contribution in [3.8, 4) is 5.88 Å². The molecule has 0 aromatic carbocycles. The Morgan fingerprint density at radius 3 is 2.03 bits per heavy atom. The van der Waals surface area contributed by atoms with Gasteiger partial charge in [0.25, 0.3) is 0 Å². The molecule has 336 valence electrons. The van der Waals surface area contributed by atoms with E-state index >= 15 is 0 Å². The molecule has 8 rings (SSSR count). The van der Waals surface area contributed by atoms with Crippen LogP contribution in [0, 0.1) is 0 Å². The molecule has 10 atom stereocenters. The molecule has 4 aliphatic heterocycles. The van der Waals surface area contributed by atoms with Gasteiger partial charge >= 0.3 is 13.4 Å². The number of ether oxygens (including phenoxy) is 3. The van der Waals surface area contributed by atoms with E-state index in [0.29, 0.717) is 29.3 Å². The van der Waals surface area contributed by atoms with Crippen molar-refractivity contribution in [2.75, 3.05) is 25.6 Å². The summed E-state index contributed by atoms with van der Waals surface area (Å²) in [5, 5.41) is 0.277. The molecule has 0 radical (unpaired) electrons. The maximum absolute atomic E-state index is 12.1. The van der Waals surface area contributed by atoms with Gasteiger partial charge in [-0.05, 0) is 78.3 Å².